The maximum atomic E-state index is 12.3. The van der Waals surface area contributed by atoms with Gasteiger partial charge in [-0.25, -0.2) is 9.59 Å². The summed E-state index contributed by atoms with van der Waals surface area (Å²) in [5.41, 5.74) is 0.831. The molecule has 0 saturated heterocycles. The maximum Gasteiger partial charge on any atom is 0.343 e. The summed E-state index contributed by atoms with van der Waals surface area (Å²) in [6, 6.07) is 13.2. The molecule has 5 heteroatoms. The van der Waals surface area contributed by atoms with E-state index in [2.05, 4.69) is 0 Å². The third kappa shape index (κ3) is 5.92. The summed E-state index contributed by atoms with van der Waals surface area (Å²) in [4.78, 5) is 24.1. The lowest BCUT2D eigenvalue weighted by atomic mass is 10.2. The molecule has 138 valence electrons. The van der Waals surface area contributed by atoms with E-state index in [0.717, 1.165) is 19.3 Å². The van der Waals surface area contributed by atoms with Gasteiger partial charge in [0.1, 0.15) is 11.5 Å². The zero-order chi connectivity index (χ0) is 18.8. The summed E-state index contributed by atoms with van der Waals surface area (Å²) in [7, 11) is 0. The second-order valence-corrected chi connectivity index (χ2v) is 5.78. The van der Waals surface area contributed by atoms with Crippen LogP contribution in [0.3, 0.4) is 0 Å². The first-order valence-electron chi connectivity index (χ1n) is 8.86. The Bertz CT molecular complexity index is 721. The SMILES string of the molecule is CCCCOC(=O)c1ccc(OC(=O)c2cccc(OCCC)c2)cc1. The highest BCUT2D eigenvalue weighted by molar-refractivity contribution is 5.92. The summed E-state index contributed by atoms with van der Waals surface area (Å²) in [6.07, 6.45) is 2.69. The van der Waals surface area contributed by atoms with Crippen molar-refractivity contribution in [3.8, 4) is 11.5 Å². The number of esters is 2. The largest absolute Gasteiger partial charge is 0.494 e. The van der Waals surface area contributed by atoms with E-state index in [1.54, 1.807) is 48.5 Å². The number of unbranched alkanes of at least 4 members (excludes halogenated alkanes) is 1. The van der Waals surface area contributed by atoms with Crippen molar-refractivity contribution in [1.29, 1.82) is 0 Å². The fourth-order valence-corrected chi connectivity index (χ4v) is 2.15. The van der Waals surface area contributed by atoms with Crippen molar-refractivity contribution in [3.63, 3.8) is 0 Å². The average Bonchev–Trinajstić information content (AvgIpc) is 2.67. The van der Waals surface area contributed by atoms with Crippen LogP contribution in [0.4, 0.5) is 0 Å². The highest BCUT2D eigenvalue weighted by atomic mass is 16.5. The van der Waals surface area contributed by atoms with Crippen molar-refractivity contribution < 1.29 is 23.8 Å². The van der Waals surface area contributed by atoms with E-state index in [9.17, 15) is 9.59 Å². The minimum Gasteiger partial charge on any atom is -0.494 e. The minimum absolute atomic E-state index is 0.361. The quantitative estimate of drug-likeness (QED) is 0.372. The van der Waals surface area contributed by atoms with Crippen molar-refractivity contribution in [2.75, 3.05) is 13.2 Å². The molecule has 0 atom stereocenters. The summed E-state index contributed by atoms with van der Waals surface area (Å²) in [5, 5.41) is 0. The molecule has 0 fully saturated rings. The van der Waals surface area contributed by atoms with Gasteiger partial charge in [0.05, 0.1) is 24.3 Å². The Labute approximate surface area is 153 Å². The van der Waals surface area contributed by atoms with Crippen molar-refractivity contribution in [3.05, 3.63) is 59.7 Å². The molecule has 0 bridgehead atoms. The van der Waals surface area contributed by atoms with Gasteiger partial charge in [0.25, 0.3) is 0 Å². The molecule has 0 amide bonds. The predicted octanol–water partition coefficient (Wildman–Crippen LogP) is 4.65. The minimum atomic E-state index is -0.481. The van der Waals surface area contributed by atoms with E-state index >= 15 is 0 Å². The first-order chi connectivity index (χ1) is 12.6. The van der Waals surface area contributed by atoms with Crippen LogP contribution in [0, 0.1) is 0 Å². The third-order valence-electron chi connectivity index (χ3n) is 3.57. The Morgan fingerprint density at radius 3 is 2.27 bits per heavy atom. The van der Waals surface area contributed by atoms with Crippen molar-refractivity contribution in [2.45, 2.75) is 33.1 Å². The molecule has 0 N–H and O–H groups in total. The summed E-state index contributed by atoms with van der Waals surface area (Å²) < 4.78 is 16.0. The number of ether oxygens (including phenoxy) is 3. The van der Waals surface area contributed by atoms with E-state index in [1.807, 2.05) is 13.8 Å². The van der Waals surface area contributed by atoms with E-state index in [1.165, 1.54) is 0 Å². The molecule has 2 aromatic rings. The fourth-order valence-electron chi connectivity index (χ4n) is 2.15. The molecule has 0 aliphatic heterocycles. The zero-order valence-corrected chi connectivity index (χ0v) is 15.2. The molecule has 2 rings (SSSR count). The Morgan fingerprint density at radius 2 is 1.58 bits per heavy atom. The average molecular weight is 356 g/mol. The highest BCUT2D eigenvalue weighted by Crippen LogP contribution is 2.18. The fraction of sp³-hybridized carbons (Fsp3) is 0.333. The molecular formula is C21H24O5. The number of carbonyl (C=O) groups excluding carboxylic acids is 2. The van der Waals surface area contributed by atoms with Gasteiger partial charge in [0, 0.05) is 0 Å². The number of carbonyl (C=O) groups is 2. The van der Waals surface area contributed by atoms with Gasteiger partial charge in [-0.05, 0) is 55.3 Å². The summed E-state index contributed by atoms with van der Waals surface area (Å²) in [6.45, 7) is 5.04. The molecule has 0 heterocycles. The van der Waals surface area contributed by atoms with Crippen molar-refractivity contribution in [1.82, 2.24) is 0 Å². The molecule has 26 heavy (non-hydrogen) atoms. The Kier molecular flexibility index (Phi) is 7.68. The molecule has 5 nitrogen and oxygen atoms in total. The Morgan fingerprint density at radius 1 is 0.808 bits per heavy atom. The second kappa shape index (κ2) is 10.2. The molecule has 0 aliphatic rings. The third-order valence-corrected chi connectivity index (χ3v) is 3.57. The van der Waals surface area contributed by atoms with Crippen molar-refractivity contribution >= 4 is 11.9 Å². The van der Waals surface area contributed by atoms with Crippen LogP contribution in [0.2, 0.25) is 0 Å². The number of hydrogen-bond donors (Lipinski definition) is 0. The van der Waals surface area contributed by atoms with Crippen LogP contribution in [-0.2, 0) is 4.74 Å². The smallest absolute Gasteiger partial charge is 0.343 e. The number of hydrogen-bond acceptors (Lipinski definition) is 5. The van der Waals surface area contributed by atoms with Gasteiger partial charge in [-0.2, -0.15) is 0 Å². The molecule has 0 unspecified atom stereocenters. The zero-order valence-electron chi connectivity index (χ0n) is 15.2. The van der Waals surface area contributed by atoms with Gasteiger partial charge in [0.15, 0.2) is 0 Å². The van der Waals surface area contributed by atoms with E-state index < -0.39 is 5.97 Å². The molecule has 0 aliphatic carbocycles. The van der Waals surface area contributed by atoms with Crippen LogP contribution in [0.5, 0.6) is 11.5 Å². The summed E-state index contributed by atoms with van der Waals surface area (Å²) in [5.74, 6) is 0.133. The van der Waals surface area contributed by atoms with E-state index in [0.29, 0.717) is 35.8 Å². The first-order valence-corrected chi connectivity index (χ1v) is 8.86. The predicted molar refractivity (Wildman–Crippen MR) is 98.8 cm³/mol. The lowest BCUT2D eigenvalue weighted by Crippen LogP contribution is -2.09. The maximum absolute atomic E-state index is 12.3. The molecule has 0 radical (unpaired) electrons. The van der Waals surface area contributed by atoms with Crippen LogP contribution in [-0.4, -0.2) is 25.2 Å². The highest BCUT2D eigenvalue weighted by Gasteiger charge is 2.11. The van der Waals surface area contributed by atoms with Crippen LogP contribution in [0.25, 0.3) is 0 Å². The van der Waals surface area contributed by atoms with Gasteiger partial charge < -0.3 is 14.2 Å². The molecule has 0 saturated carbocycles. The Balaban J connectivity index is 1.96. The normalized spacial score (nSPS) is 10.2. The van der Waals surface area contributed by atoms with Crippen LogP contribution >= 0.6 is 0 Å². The van der Waals surface area contributed by atoms with Crippen molar-refractivity contribution in [2.24, 2.45) is 0 Å². The van der Waals surface area contributed by atoms with Gasteiger partial charge in [-0.15, -0.1) is 0 Å². The lowest BCUT2D eigenvalue weighted by molar-refractivity contribution is 0.0499. The standard InChI is InChI=1S/C21H24O5/c1-3-5-14-25-20(22)16-9-11-18(12-10-16)26-21(23)17-7-6-8-19(15-17)24-13-4-2/h6-12,15H,3-5,13-14H2,1-2H3. The molecular weight excluding hydrogens is 332 g/mol. The molecule has 2 aromatic carbocycles. The van der Waals surface area contributed by atoms with Gasteiger partial charge in [0.2, 0.25) is 0 Å². The Hall–Kier alpha value is -2.82. The topological polar surface area (TPSA) is 61.8 Å². The molecule has 0 aromatic heterocycles. The monoisotopic (exact) mass is 356 g/mol. The van der Waals surface area contributed by atoms with E-state index in [4.69, 9.17) is 14.2 Å². The van der Waals surface area contributed by atoms with Crippen LogP contribution in [0.15, 0.2) is 48.5 Å². The van der Waals surface area contributed by atoms with Crippen LogP contribution in [0.1, 0.15) is 53.8 Å². The number of benzene rings is 2. The van der Waals surface area contributed by atoms with Gasteiger partial charge in [-0.3, -0.25) is 0 Å². The lowest BCUT2D eigenvalue weighted by Gasteiger charge is -2.08. The van der Waals surface area contributed by atoms with Gasteiger partial charge >= 0.3 is 11.9 Å². The van der Waals surface area contributed by atoms with Crippen LogP contribution < -0.4 is 9.47 Å². The molecule has 0 spiro atoms. The number of rotatable bonds is 9. The summed E-state index contributed by atoms with van der Waals surface area (Å²) >= 11 is 0. The first kappa shape index (κ1) is 19.5. The van der Waals surface area contributed by atoms with E-state index in [-0.39, 0.29) is 5.97 Å². The second-order valence-electron chi connectivity index (χ2n) is 5.78. The van der Waals surface area contributed by atoms with Gasteiger partial charge in [-0.1, -0.05) is 26.3 Å².